The Hall–Kier alpha value is -4.16. The molecule has 6 unspecified atom stereocenters. The van der Waals surface area contributed by atoms with Gasteiger partial charge in [-0.2, -0.15) is 13.2 Å². The van der Waals surface area contributed by atoms with Gasteiger partial charge in [0.2, 0.25) is 5.44 Å². The lowest BCUT2D eigenvalue weighted by molar-refractivity contribution is -0.255. The van der Waals surface area contributed by atoms with Gasteiger partial charge in [-0.25, -0.2) is 0 Å². The second-order valence-electron chi connectivity index (χ2n) is 14.1. The average Bonchev–Trinajstić information content (AvgIpc) is 3.69. The first-order valence-corrected chi connectivity index (χ1v) is 20.5. The molecular formula is C46H48F3O6S+. The average molecular weight is 786 g/mol. The Morgan fingerprint density at radius 1 is 0.589 bits per heavy atom. The molecule has 0 saturated carbocycles. The minimum atomic E-state index is -4.41. The van der Waals surface area contributed by atoms with E-state index in [-0.39, 0.29) is 32.8 Å². The van der Waals surface area contributed by atoms with Gasteiger partial charge >= 0.3 is 6.18 Å². The van der Waals surface area contributed by atoms with Crippen molar-refractivity contribution >= 4 is 10.9 Å². The fraction of sp³-hybridized carbons (Fsp3) is 0.348. The molecule has 5 aromatic carbocycles. The van der Waals surface area contributed by atoms with Crippen LogP contribution in [0.3, 0.4) is 0 Å². The molecule has 2 fully saturated rings. The summed E-state index contributed by atoms with van der Waals surface area (Å²) in [6, 6.07) is 46.3. The summed E-state index contributed by atoms with van der Waals surface area (Å²) in [6.45, 7) is 1.18. The van der Waals surface area contributed by atoms with Crippen LogP contribution in [0, 0.1) is 5.92 Å². The number of halogens is 3. The molecule has 8 atom stereocenters. The normalized spacial score (nSPS) is 25.2. The Balaban J connectivity index is 1.29. The Kier molecular flexibility index (Phi) is 13.8. The van der Waals surface area contributed by atoms with Crippen molar-refractivity contribution in [3.63, 3.8) is 0 Å². The molecule has 56 heavy (non-hydrogen) atoms. The first kappa shape index (κ1) is 40.1. The third-order valence-corrected chi connectivity index (χ3v) is 13.3. The molecule has 0 amide bonds. The van der Waals surface area contributed by atoms with Crippen LogP contribution in [0.5, 0.6) is 5.75 Å². The second kappa shape index (κ2) is 19.3. The number of methoxy groups -OCH3 is 1. The maximum absolute atomic E-state index is 15.0. The monoisotopic (exact) mass is 785 g/mol. The molecule has 0 aromatic heterocycles. The molecule has 2 saturated heterocycles. The number of benzene rings is 5. The minimum absolute atomic E-state index is 0.0206. The van der Waals surface area contributed by atoms with E-state index < -0.39 is 58.1 Å². The summed E-state index contributed by atoms with van der Waals surface area (Å²) in [5.74, 6) is -0.660. The van der Waals surface area contributed by atoms with Crippen molar-refractivity contribution in [1.82, 2.24) is 0 Å². The molecule has 0 N–H and O–H groups in total. The Morgan fingerprint density at radius 2 is 1.05 bits per heavy atom. The van der Waals surface area contributed by atoms with Crippen LogP contribution >= 0.6 is 0 Å². The van der Waals surface area contributed by atoms with E-state index in [1.54, 1.807) is 31.4 Å². The van der Waals surface area contributed by atoms with Gasteiger partial charge < -0.3 is 28.4 Å². The van der Waals surface area contributed by atoms with Gasteiger partial charge in [0.25, 0.3) is 0 Å². The molecule has 2 aliphatic heterocycles. The summed E-state index contributed by atoms with van der Waals surface area (Å²) >= 11 is 0. The van der Waals surface area contributed by atoms with Gasteiger partial charge in [0.05, 0.1) is 40.1 Å². The quantitative estimate of drug-likeness (QED) is 0.0930. The van der Waals surface area contributed by atoms with E-state index in [0.717, 1.165) is 22.3 Å². The highest BCUT2D eigenvalue weighted by molar-refractivity contribution is 7.97. The number of ether oxygens (including phenoxy) is 6. The van der Waals surface area contributed by atoms with Gasteiger partial charge in [-0.3, -0.25) is 0 Å². The third kappa shape index (κ3) is 10.2. The maximum Gasteiger partial charge on any atom is 0.397 e. The highest BCUT2D eigenvalue weighted by atomic mass is 32.2. The van der Waals surface area contributed by atoms with E-state index >= 15 is 13.2 Å². The van der Waals surface area contributed by atoms with Crippen LogP contribution in [-0.4, -0.2) is 55.5 Å². The van der Waals surface area contributed by atoms with E-state index in [4.69, 9.17) is 28.4 Å². The van der Waals surface area contributed by atoms with Gasteiger partial charge in [0.1, 0.15) is 35.7 Å². The molecule has 0 radical (unpaired) electrons. The standard InChI is InChI=1S/C46H48F3O6S/c1-50-38-24-22-37(23-25-38)44-39(46(47,48)49)26-27-56(44)45-43(54-31-36-20-12-5-13-21-36)42(53-30-35-18-10-4-11-19-35)41(52-29-34-16-8-3-9-17-34)40(55-45)32-51-28-33-14-6-2-7-15-33/h2-25,39-45H,26-32H2,1H3/q+1/t39?,40?,41-,42?,43?,44?,45+,56?/m1/s1. The molecular weight excluding hydrogens is 738 g/mol. The van der Waals surface area contributed by atoms with Gasteiger partial charge in [0, 0.05) is 22.9 Å². The molecule has 2 heterocycles. The predicted molar refractivity (Wildman–Crippen MR) is 212 cm³/mol. The van der Waals surface area contributed by atoms with Crippen molar-refractivity contribution < 1.29 is 41.6 Å². The SMILES string of the molecule is COc1ccc(C2C(C(F)(F)F)CC[S+]2[C@@H]2OC(COCc3ccccc3)[C@@H](OCc3ccccc3)C(OCc3ccccc3)C2OCc2ccccc2)cc1. The predicted octanol–water partition coefficient (Wildman–Crippen LogP) is 9.63. The zero-order chi connectivity index (χ0) is 38.7. The maximum atomic E-state index is 15.0. The first-order chi connectivity index (χ1) is 27.4. The molecule has 5 aromatic rings. The molecule has 2 aliphatic rings. The number of rotatable bonds is 16. The van der Waals surface area contributed by atoms with Crippen molar-refractivity contribution in [2.75, 3.05) is 19.5 Å². The summed E-state index contributed by atoms with van der Waals surface area (Å²) in [5, 5.41) is -0.865. The zero-order valence-corrected chi connectivity index (χ0v) is 32.2. The van der Waals surface area contributed by atoms with E-state index in [1.165, 1.54) is 0 Å². The molecule has 0 aliphatic carbocycles. The lowest BCUT2D eigenvalue weighted by atomic mass is 9.96. The molecule has 6 nitrogen and oxygen atoms in total. The topological polar surface area (TPSA) is 55.4 Å². The number of hydrogen-bond donors (Lipinski definition) is 0. The highest BCUT2D eigenvalue weighted by Crippen LogP contribution is 2.52. The molecule has 294 valence electrons. The second-order valence-corrected chi connectivity index (χ2v) is 16.5. The van der Waals surface area contributed by atoms with Crippen molar-refractivity contribution in [3.05, 3.63) is 173 Å². The fourth-order valence-corrected chi connectivity index (χ4v) is 10.9. The summed E-state index contributed by atoms with van der Waals surface area (Å²) in [6.07, 6.45) is -7.30. The van der Waals surface area contributed by atoms with E-state index in [2.05, 4.69) is 0 Å². The lowest BCUT2D eigenvalue weighted by Gasteiger charge is -2.45. The van der Waals surface area contributed by atoms with Crippen molar-refractivity contribution in [2.24, 2.45) is 5.92 Å². The van der Waals surface area contributed by atoms with Crippen LogP contribution in [0.25, 0.3) is 0 Å². The summed E-state index contributed by atoms with van der Waals surface area (Å²) in [5.41, 5.74) is 3.67. The Bertz CT molecular complexity index is 1890. The molecule has 0 bridgehead atoms. The largest absolute Gasteiger partial charge is 0.497 e. The molecule has 7 rings (SSSR count). The van der Waals surface area contributed by atoms with Crippen molar-refractivity contribution in [3.8, 4) is 5.75 Å². The summed E-state index contributed by atoms with van der Waals surface area (Å²) < 4.78 is 84.4. The summed E-state index contributed by atoms with van der Waals surface area (Å²) in [7, 11) is 0.585. The van der Waals surface area contributed by atoms with Crippen LogP contribution in [0.4, 0.5) is 13.2 Å². The zero-order valence-electron chi connectivity index (χ0n) is 31.3. The molecule has 0 spiro atoms. The van der Waals surface area contributed by atoms with Crippen LogP contribution in [-0.2, 0) is 61.0 Å². The van der Waals surface area contributed by atoms with Gasteiger partial charge in [0.15, 0.2) is 11.4 Å². The van der Waals surface area contributed by atoms with Crippen LogP contribution < -0.4 is 4.74 Å². The Morgan fingerprint density at radius 3 is 1.54 bits per heavy atom. The van der Waals surface area contributed by atoms with Crippen molar-refractivity contribution in [2.45, 2.75) is 74.1 Å². The fourth-order valence-electron chi connectivity index (χ4n) is 7.54. The smallest absolute Gasteiger partial charge is 0.397 e. The van der Waals surface area contributed by atoms with Crippen molar-refractivity contribution in [1.29, 1.82) is 0 Å². The van der Waals surface area contributed by atoms with E-state index in [0.29, 0.717) is 23.7 Å². The molecule has 10 heteroatoms. The van der Waals surface area contributed by atoms with Crippen LogP contribution in [0.1, 0.15) is 39.5 Å². The first-order valence-electron chi connectivity index (χ1n) is 19.0. The number of hydrogen-bond acceptors (Lipinski definition) is 6. The van der Waals surface area contributed by atoms with E-state index in [9.17, 15) is 0 Å². The lowest BCUT2D eigenvalue weighted by Crippen LogP contribution is -2.63. The van der Waals surface area contributed by atoms with Gasteiger partial charge in [-0.05, 0) is 34.4 Å². The van der Waals surface area contributed by atoms with Crippen LogP contribution in [0.2, 0.25) is 0 Å². The van der Waals surface area contributed by atoms with E-state index in [1.807, 2.05) is 121 Å². The third-order valence-electron chi connectivity index (χ3n) is 10.4. The highest BCUT2D eigenvalue weighted by Gasteiger charge is 2.64. The summed E-state index contributed by atoms with van der Waals surface area (Å²) in [4.78, 5) is 0. The van der Waals surface area contributed by atoms with Gasteiger partial charge in [-0.1, -0.05) is 133 Å². The minimum Gasteiger partial charge on any atom is -0.497 e. The Labute approximate surface area is 330 Å². The number of alkyl halides is 3. The van der Waals surface area contributed by atoms with Gasteiger partial charge in [-0.15, -0.1) is 0 Å². The van der Waals surface area contributed by atoms with Crippen LogP contribution in [0.15, 0.2) is 146 Å².